The van der Waals surface area contributed by atoms with Crippen molar-refractivity contribution in [3.8, 4) is 16.8 Å². The van der Waals surface area contributed by atoms with Crippen molar-refractivity contribution >= 4 is 43.4 Å². The van der Waals surface area contributed by atoms with E-state index in [2.05, 4.69) is 93.3 Å². The number of hydrogen-bond donors (Lipinski definition) is 1. The highest BCUT2D eigenvalue weighted by atomic mass is 79.9. The Morgan fingerprint density at radius 2 is 1.61 bits per heavy atom. The lowest BCUT2D eigenvalue weighted by Gasteiger charge is -2.11. The first-order valence-corrected chi connectivity index (χ1v) is 10.2. The molecule has 0 spiro atoms. The van der Waals surface area contributed by atoms with Gasteiger partial charge in [-0.05, 0) is 59.0 Å². The van der Waals surface area contributed by atoms with Gasteiger partial charge in [0.15, 0.2) is 0 Å². The van der Waals surface area contributed by atoms with Crippen LogP contribution in [0.2, 0.25) is 0 Å². The number of halogens is 1. The number of rotatable bonds is 1. The molecule has 2 nitrogen and oxygen atoms in total. The van der Waals surface area contributed by atoms with Gasteiger partial charge < -0.3 is 10.3 Å². The zero-order chi connectivity index (χ0) is 18.8. The van der Waals surface area contributed by atoms with Crippen LogP contribution in [0.25, 0.3) is 38.6 Å². The molecule has 0 fully saturated rings. The standard InChI is InChI=1S/C25H17BrN2/c26-16-9-11-23(21(27)14-16)28-22-8-4-3-7-19(22)25-20-13-15-5-1-2-6-17(15)18(20)10-12-24(25)28/h1-12,14H,13,27H2. The summed E-state index contributed by atoms with van der Waals surface area (Å²) < 4.78 is 3.29. The van der Waals surface area contributed by atoms with Gasteiger partial charge in [0.2, 0.25) is 0 Å². The largest absolute Gasteiger partial charge is 0.397 e. The highest BCUT2D eigenvalue weighted by Crippen LogP contribution is 2.44. The van der Waals surface area contributed by atoms with Crippen molar-refractivity contribution in [1.29, 1.82) is 0 Å². The fraction of sp³-hybridized carbons (Fsp3) is 0.0400. The summed E-state index contributed by atoms with van der Waals surface area (Å²) in [4.78, 5) is 0. The SMILES string of the molecule is Nc1cc(Br)ccc1-n1c2ccccc2c2c3c(ccc21)-c1ccccc1C3. The highest BCUT2D eigenvalue weighted by molar-refractivity contribution is 9.10. The molecule has 0 unspecified atom stereocenters. The van der Waals surface area contributed by atoms with Crippen molar-refractivity contribution in [2.45, 2.75) is 6.42 Å². The van der Waals surface area contributed by atoms with Crippen LogP contribution in [0.4, 0.5) is 5.69 Å². The maximum Gasteiger partial charge on any atom is 0.0692 e. The molecule has 1 aromatic heterocycles. The van der Waals surface area contributed by atoms with E-state index >= 15 is 0 Å². The molecule has 1 aliphatic carbocycles. The van der Waals surface area contributed by atoms with Crippen molar-refractivity contribution in [3.63, 3.8) is 0 Å². The Bertz CT molecular complexity index is 1410. The predicted octanol–water partition coefficient (Wildman–Crippen LogP) is 6.70. The molecule has 4 aromatic carbocycles. The van der Waals surface area contributed by atoms with E-state index in [1.807, 2.05) is 6.07 Å². The second-order valence-electron chi connectivity index (χ2n) is 7.38. The summed E-state index contributed by atoms with van der Waals surface area (Å²) in [7, 11) is 0. The van der Waals surface area contributed by atoms with Gasteiger partial charge in [-0.25, -0.2) is 0 Å². The summed E-state index contributed by atoms with van der Waals surface area (Å²) in [5.74, 6) is 0. The van der Waals surface area contributed by atoms with Crippen LogP contribution in [0, 0.1) is 0 Å². The Balaban J connectivity index is 1.76. The van der Waals surface area contributed by atoms with Crippen LogP contribution in [-0.2, 0) is 6.42 Å². The van der Waals surface area contributed by atoms with Crippen molar-refractivity contribution < 1.29 is 0 Å². The first kappa shape index (κ1) is 16.0. The van der Waals surface area contributed by atoms with Crippen LogP contribution in [-0.4, -0.2) is 4.57 Å². The van der Waals surface area contributed by atoms with Gasteiger partial charge in [-0.2, -0.15) is 0 Å². The second-order valence-corrected chi connectivity index (χ2v) is 8.29. The van der Waals surface area contributed by atoms with Gasteiger partial charge in [0, 0.05) is 15.2 Å². The maximum atomic E-state index is 6.43. The fourth-order valence-electron chi connectivity index (χ4n) is 4.68. The summed E-state index contributed by atoms with van der Waals surface area (Å²) in [5, 5.41) is 2.62. The lowest BCUT2D eigenvalue weighted by molar-refractivity contribution is 1.18. The molecule has 0 amide bonds. The molecule has 0 atom stereocenters. The Hall–Kier alpha value is -3.04. The van der Waals surface area contributed by atoms with E-state index in [1.54, 1.807) is 0 Å². The first-order chi connectivity index (χ1) is 13.7. The number of anilines is 1. The van der Waals surface area contributed by atoms with E-state index in [-0.39, 0.29) is 0 Å². The van der Waals surface area contributed by atoms with Crippen molar-refractivity contribution in [2.75, 3.05) is 5.73 Å². The summed E-state index contributed by atoms with van der Waals surface area (Å²) in [5.41, 5.74) is 16.2. The minimum absolute atomic E-state index is 0.765. The molecule has 134 valence electrons. The predicted molar refractivity (Wildman–Crippen MR) is 121 cm³/mol. The lowest BCUT2D eigenvalue weighted by Crippen LogP contribution is -1.99. The van der Waals surface area contributed by atoms with Crippen LogP contribution in [0.3, 0.4) is 0 Å². The van der Waals surface area contributed by atoms with E-state index in [4.69, 9.17) is 5.73 Å². The summed E-state index contributed by atoms with van der Waals surface area (Å²) >= 11 is 3.53. The van der Waals surface area contributed by atoms with Crippen molar-refractivity contribution in [3.05, 3.63) is 94.5 Å². The van der Waals surface area contributed by atoms with Crippen LogP contribution in [0.5, 0.6) is 0 Å². The molecule has 0 saturated carbocycles. The Morgan fingerprint density at radius 3 is 2.50 bits per heavy atom. The van der Waals surface area contributed by atoms with Gasteiger partial charge >= 0.3 is 0 Å². The lowest BCUT2D eigenvalue weighted by atomic mass is 10.0. The van der Waals surface area contributed by atoms with Gasteiger partial charge in [-0.3, -0.25) is 0 Å². The minimum Gasteiger partial charge on any atom is -0.397 e. The third-order valence-electron chi connectivity index (χ3n) is 5.85. The molecule has 3 heteroatoms. The summed E-state index contributed by atoms with van der Waals surface area (Å²) in [6.45, 7) is 0. The van der Waals surface area contributed by atoms with E-state index in [0.717, 1.165) is 22.3 Å². The van der Waals surface area contributed by atoms with E-state index < -0.39 is 0 Å². The number of nitrogens with zero attached hydrogens (tertiary/aromatic N) is 1. The summed E-state index contributed by atoms with van der Waals surface area (Å²) in [6, 6.07) is 28.0. The first-order valence-electron chi connectivity index (χ1n) is 9.41. The van der Waals surface area contributed by atoms with Crippen molar-refractivity contribution in [2.24, 2.45) is 0 Å². The molecule has 2 N–H and O–H groups in total. The van der Waals surface area contributed by atoms with Gasteiger partial charge in [0.25, 0.3) is 0 Å². The van der Waals surface area contributed by atoms with Gasteiger partial charge in [-0.1, -0.05) is 64.5 Å². The fourth-order valence-corrected chi connectivity index (χ4v) is 5.06. The molecule has 1 heterocycles. The quantitative estimate of drug-likeness (QED) is 0.292. The highest BCUT2D eigenvalue weighted by Gasteiger charge is 2.24. The Kier molecular flexibility index (Phi) is 3.27. The molecule has 1 aliphatic rings. The average Bonchev–Trinajstić information content (AvgIpc) is 3.24. The second kappa shape index (κ2) is 5.73. The van der Waals surface area contributed by atoms with Crippen LogP contribution < -0.4 is 5.73 Å². The number of para-hydroxylation sites is 1. The topological polar surface area (TPSA) is 30.9 Å². The van der Waals surface area contributed by atoms with Gasteiger partial charge in [0.05, 0.1) is 22.4 Å². The Morgan fingerprint density at radius 1 is 0.786 bits per heavy atom. The van der Waals surface area contributed by atoms with E-state index in [9.17, 15) is 0 Å². The molecule has 0 bridgehead atoms. The zero-order valence-corrected chi connectivity index (χ0v) is 16.7. The normalized spacial score (nSPS) is 12.5. The molecular formula is C25H17BrN2. The molecule has 5 aromatic rings. The van der Waals surface area contributed by atoms with Crippen LogP contribution in [0.15, 0.2) is 83.3 Å². The number of nitrogens with two attached hydrogens (primary N) is 1. The van der Waals surface area contributed by atoms with E-state index in [0.29, 0.717) is 0 Å². The average molecular weight is 425 g/mol. The monoisotopic (exact) mass is 424 g/mol. The summed E-state index contributed by atoms with van der Waals surface area (Å²) in [6.07, 6.45) is 0.979. The van der Waals surface area contributed by atoms with E-state index in [1.165, 1.54) is 44.1 Å². The minimum atomic E-state index is 0.765. The number of nitrogen functional groups attached to an aromatic ring is 1. The molecule has 6 rings (SSSR count). The molecule has 0 aliphatic heterocycles. The van der Waals surface area contributed by atoms with Crippen LogP contribution in [0.1, 0.15) is 11.1 Å². The molecule has 0 radical (unpaired) electrons. The maximum absolute atomic E-state index is 6.43. The molecule has 0 saturated heterocycles. The molecule has 28 heavy (non-hydrogen) atoms. The third-order valence-corrected chi connectivity index (χ3v) is 6.34. The number of hydrogen-bond acceptors (Lipinski definition) is 1. The van der Waals surface area contributed by atoms with Crippen LogP contribution >= 0.6 is 15.9 Å². The number of benzene rings is 4. The van der Waals surface area contributed by atoms with Crippen molar-refractivity contribution in [1.82, 2.24) is 4.57 Å². The molecular weight excluding hydrogens is 408 g/mol. The van der Waals surface area contributed by atoms with Gasteiger partial charge in [0.1, 0.15) is 0 Å². The third kappa shape index (κ3) is 2.08. The number of fused-ring (bicyclic) bond motifs is 7. The smallest absolute Gasteiger partial charge is 0.0692 e. The Labute approximate surface area is 171 Å². The number of aromatic nitrogens is 1. The van der Waals surface area contributed by atoms with Gasteiger partial charge in [-0.15, -0.1) is 0 Å². The zero-order valence-electron chi connectivity index (χ0n) is 15.1.